The van der Waals surface area contributed by atoms with Crippen LogP contribution in [0.4, 0.5) is 0 Å². The molecule has 2 amide bonds. The summed E-state index contributed by atoms with van der Waals surface area (Å²) in [5.74, 6) is -0.243. The molecular weight excluding hydrogens is 298 g/mol. The van der Waals surface area contributed by atoms with Gasteiger partial charge in [-0.1, -0.05) is 0 Å². The fourth-order valence-corrected chi connectivity index (χ4v) is 3.21. The molecule has 1 unspecified atom stereocenters. The van der Waals surface area contributed by atoms with Gasteiger partial charge in [0, 0.05) is 25.5 Å². The molecule has 0 aromatic carbocycles. The minimum absolute atomic E-state index is 0.0287. The van der Waals surface area contributed by atoms with E-state index < -0.39 is 6.10 Å². The Bertz CT molecular complexity index is 613. The van der Waals surface area contributed by atoms with E-state index in [0.29, 0.717) is 19.4 Å². The second-order valence-electron chi connectivity index (χ2n) is 6.08. The quantitative estimate of drug-likeness (QED) is 0.781. The van der Waals surface area contributed by atoms with Crippen LogP contribution in [0.2, 0.25) is 0 Å². The first-order valence-electron chi connectivity index (χ1n) is 7.89. The van der Waals surface area contributed by atoms with Crippen LogP contribution in [0, 0.1) is 5.92 Å². The third kappa shape index (κ3) is 3.42. The van der Waals surface area contributed by atoms with Gasteiger partial charge in [-0.2, -0.15) is 5.10 Å². The van der Waals surface area contributed by atoms with Crippen molar-refractivity contribution in [3.05, 3.63) is 18.7 Å². The van der Waals surface area contributed by atoms with E-state index in [-0.39, 0.29) is 35.9 Å². The van der Waals surface area contributed by atoms with Crippen LogP contribution in [0.3, 0.4) is 0 Å². The summed E-state index contributed by atoms with van der Waals surface area (Å²) in [5, 5.41) is 18.3. The van der Waals surface area contributed by atoms with Crippen LogP contribution in [0.1, 0.15) is 26.2 Å². The van der Waals surface area contributed by atoms with Crippen LogP contribution in [-0.2, 0) is 16.1 Å². The Morgan fingerprint density at radius 1 is 1.48 bits per heavy atom. The molecule has 0 saturated heterocycles. The van der Waals surface area contributed by atoms with E-state index in [9.17, 15) is 14.7 Å². The molecule has 3 atom stereocenters. The number of aromatic nitrogens is 2. The van der Waals surface area contributed by atoms with Gasteiger partial charge in [-0.15, -0.1) is 0 Å². The molecule has 0 spiro atoms. The lowest BCUT2D eigenvalue weighted by atomic mass is 10.1. The van der Waals surface area contributed by atoms with E-state index in [4.69, 9.17) is 0 Å². The SMILES string of the molecule is CCN1N=C(C(=O)N[C@@H]2CC(Cn3ccnc3)C[C@H]2O)CC1=O. The number of amides is 2. The fraction of sp³-hybridized carbons (Fsp3) is 0.600. The van der Waals surface area contributed by atoms with Crippen LogP contribution in [0.5, 0.6) is 0 Å². The molecule has 8 nitrogen and oxygen atoms in total. The number of hydrogen-bond acceptors (Lipinski definition) is 5. The summed E-state index contributed by atoms with van der Waals surface area (Å²) in [6.45, 7) is 3.03. The van der Waals surface area contributed by atoms with Gasteiger partial charge in [-0.3, -0.25) is 9.59 Å². The largest absolute Gasteiger partial charge is 0.391 e. The van der Waals surface area contributed by atoms with Crippen molar-refractivity contribution < 1.29 is 14.7 Å². The van der Waals surface area contributed by atoms with Gasteiger partial charge in [-0.05, 0) is 25.7 Å². The molecule has 1 aliphatic heterocycles. The first-order chi connectivity index (χ1) is 11.1. The van der Waals surface area contributed by atoms with Crippen LogP contribution >= 0.6 is 0 Å². The molecule has 2 N–H and O–H groups in total. The Morgan fingerprint density at radius 2 is 2.30 bits per heavy atom. The van der Waals surface area contributed by atoms with E-state index in [1.54, 1.807) is 12.5 Å². The lowest BCUT2D eigenvalue weighted by Crippen LogP contribution is -2.43. The highest BCUT2D eigenvalue weighted by Crippen LogP contribution is 2.27. The number of hydrogen-bond donors (Lipinski definition) is 2. The number of nitrogens with one attached hydrogen (secondary N) is 1. The minimum atomic E-state index is -0.576. The molecule has 0 radical (unpaired) electrons. The first-order valence-corrected chi connectivity index (χ1v) is 7.89. The highest BCUT2D eigenvalue weighted by Gasteiger charge is 2.36. The Balaban J connectivity index is 1.56. The summed E-state index contributed by atoms with van der Waals surface area (Å²) in [7, 11) is 0. The smallest absolute Gasteiger partial charge is 0.268 e. The molecule has 8 heteroatoms. The molecule has 1 fully saturated rings. The topological polar surface area (TPSA) is 99.8 Å². The Kier molecular flexibility index (Phi) is 4.42. The highest BCUT2D eigenvalue weighted by atomic mass is 16.3. The zero-order valence-corrected chi connectivity index (χ0v) is 13.1. The average Bonchev–Trinajstić information content (AvgIpc) is 3.22. The number of hydrazone groups is 1. The van der Waals surface area contributed by atoms with Crippen LogP contribution < -0.4 is 5.32 Å². The van der Waals surface area contributed by atoms with Crippen molar-refractivity contribution in [3.63, 3.8) is 0 Å². The molecule has 2 aliphatic rings. The fourth-order valence-electron chi connectivity index (χ4n) is 3.21. The van der Waals surface area contributed by atoms with Gasteiger partial charge in [0.2, 0.25) is 5.91 Å². The molecule has 2 heterocycles. The van der Waals surface area contributed by atoms with Crippen LogP contribution in [-0.4, -0.2) is 55.9 Å². The normalized spacial score (nSPS) is 27.4. The van der Waals surface area contributed by atoms with Gasteiger partial charge in [0.25, 0.3) is 5.91 Å². The average molecular weight is 319 g/mol. The van der Waals surface area contributed by atoms with E-state index in [1.165, 1.54) is 5.01 Å². The lowest BCUT2D eigenvalue weighted by Gasteiger charge is -2.16. The van der Waals surface area contributed by atoms with Crippen molar-refractivity contribution in [2.45, 2.75) is 44.9 Å². The number of imidazole rings is 1. The van der Waals surface area contributed by atoms with Crippen molar-refractivity contribution >= 4 is 17.5 Å². The molecule has 1 saturated carbocycles. The van der Waals surface area contributed by atoms with E-state index in [1.807, 2.05) is 17.7 Å². The van der Waals surface area contributed by atoms with E-state index in [2.05, 4.69) is 15.4 Å². The van der Waals surface area contributed by atoms with Gasteiger partial charge in [0.05, 0.1) is 24.9 Å². The predicted octanol–water partition coefficient (Wildman–Crippen LogP) is -0.253. The van der Waals surface area contributed by atoms with Gasteiger partial charge in [-0.25, -0.2) is 9.99 Å². The Hall–Kier alpha value is -2.22. The third-order valence-corrected chi connectivity index (χ3v) is 4.38. The zero-order chi connectivity index (χ0) is 16.4. The first kappa shape index (κ1) is 15.7. The standard InChI is InChI=1S/C15H21N5O3/c1-2-20-14(22)7-12(18-20)15(23)17-11-5-10(6-13(11)21)8-19-4-3-16-9-19/h3-4,9-11,13,21H,2,5-8H2,1H3,(H,17,23)/t10?,11-,13-/m1/s1. The predicted molar refractivity (Wildman–Crippen MR) is 82.3 cm³/mol. The summed E-state index contributed by atoms with van der Waals surface area (Å²) in [6.07, 6.45) is 6.14. The molecular formula is C15H21N5O3. The monoisotopic (exact) mass is 319 g/mol. The van der Waals surface area contributed by atoms with Crippen LogP contribution in [0.25, 0.3) is 0 Å². The molecule has 1 aromatic rings. The summed E-state index contributed by atoms with van der Waals surface area (Å²) in [6, 6.07) is -0.301. The van der Waals surface area contributed by atoms with Crippen molar-refractivity contribution in [3.8, 4) is 0 Å². The number of nitrogens with zero attached hydrogens (tertiary/aromatic N) is 4. The van der Waals surface area contributed by atoms with E-state index in [0.717, 1.165) is 6.54 Å². The number of aliphatic hydroxyl groups is 1. The molecule has 0 bridgehead atoms. The molecule has 3 rings (SSSR count). The van der Waals surface area contributed by atoms with Crippen molar-refractivity contribution in [2.75, 3.05) is 6.54 Å². The van der Waals surface area contributed by atoms with Gasteiger partial charge >= 0.3 is 0 Å². The molecule has 1 aliphatic carbocycles. The molecule has 1 aromatic heterocycles. The molecule has 23 heavy (non-hydrogen) atoms. The number of rotatable bonds is 5. The van der Waals surface area contributed by atoms with Crippen molar-refractivity contribution in [1.82, 2.24) is 19.9 Å². The minimum Gasteiger partial charge on any atom is -0.391 e. The summed E-state index contributed by atoms with van der Waals surface area (Å²) in [4.78, 5) is 27.9. The Morgan fingerprint density at radius 3 is 2.96 bits per heavy atom. The van der Waals surface area contributed by atoms with Crippen LogP contribution in [0.15, 0.2) is 23.8 Å². The van der Waals surface area contributed by atoms with Gasteiger partial charge < -0.3 is 15.0 Å². The maximum absolute atomic E-state index is 12.2. The second-order valence-corrected chi connectivity index (χ2v) is 6.08. The van der Waals surface area contributed by atoms with E-state index >= 15 is 0 Å². The molecule has 124 valence electrons. The number of carbonyl (C=O) groups excluding carboxylic acids is 2. The zero-order valence-electron chi connectivity index (χ0n) is 13.1. The van der Waals surface area contributed by atoms with Crippen molar-refractivity contribution in [1.29, 1.82) is 0 Å². The highest BCUT2D eigenvalue weighted by molar-refractivity contribution is 6.43. The summed E-state index contributed by atoms with van der Waals surface area (Å²) < 4.78 is 1.97. The van der Waals surface area contributed by atoms with Gasteiger partial charge in [0.1, 0.15) is 5.71 Å². The summed E-state index contributed by atoms with van der Waals surface area (Å²) >= 11 is 0. The number of aliphatic hydroxyl groups excluding tert-OH is 1. The number of carbonyl (C=O) groups is 2. The lowest BCUT2D eigenvalue weighted by molar-refractivity contribution is -0.128. The summed E-state index contributed by atoms with van der Waals surface area (Å²) in [5.41, 5.74) is 0.224. The maximum atomic E-state index is 12.2. The van der Waals surface area contributed by atoms with Gasteiger partial charge in [0.15, 0.2) is 0 Å². The third-order valence-electron chi connectivity index (χ3n) is 4.38. The maximum Gasteiger partial charge on any atom is 0.268 e. The second kappa shape index (κ2) is 6.49. The van der Waals surface area contributed by atoms with Crippen molar-refractivity contribution in [2.24, 2.45) is 11.0 Å². The Labute approximate surface area is 134 Å².